The van der Waals surface area contributed by atoms with Crippen molar-refractivity contribution in [1.29, 1.82) is 0 Å². The molecule has 1 aliphatic rings. The van der Waals surface area contributed by atoms with E-state index in [0.717, 1.165) is 17.3 Å². The summed E-state index contributed by atoms with van der Waals surface area (Å²) >= 11 is 3.29. The van der Waals surface area contributed by atoms with Gasteiger partial charge in [0.15, 0.2) is 0 Å². The van der Waals surface area contributed by atoms with E-state index in [9.17, 15) is 14.4 Å². The highest BCUT2D eigenvalue weighted by atomic mass is 79.9. The first-order valence-corrected chi connectivity index (χ1v) is 7.64. The smallest absolute Gasteiger partial charge is 0.251 e. The van der Waals surface area contributed by atoms with E-state index in [1.54, 1.807) is 18.2 Å². The Hall–Kier alpha value is -1.69. The minimum atomic E-state index is -0.805. The van der Waals surface area contributed by atoms with Crippen LogP contribution in [0.5, 0.6) is 0 Å². The number of nitrogens with one attached hydrogen (secondary N) is 1. The van der Waals surface area contributed by atoms with Gasteiger partial charge in [-0.05, 0) is 37.0 Å². The Bertz CT molecular complexity index is 574. The largest absolute Gasteiger partial charge is 0.368 e. The predicted octanol–water partition coefficient (Wildman–Crippen LogP) is 1.79. The van der Waals surface area contributed by atoms with Gasteiger partial charge in [0.25, 0.3) is 5.91 Å². The maximum Gasteiger partial charge on any atom is 0.251 e. The molecule has 0 radical (unpaired) electrons. The van der Waals surface area contributed by atoms with Crippen LogP contribution in [0.25, 0.3) is 0 Å². The zero-order chi connectivity index (χ0) is 15.4. The van der Waals surface area contributed by atoms with Gasteiger partial charge in [0.05, 0.1) is 0 Å². The molecule has 3 N–H and O–H groups in total. The van der Waals surface area contributed by atoms with Gasteiger partial charge in [-0.1, -0.05) is 22.0 Å². The van der Waals surface area contributed by atoms with Crippen LogP contribution in [0.15, 0.2) is 28.7 Å². The lowest BCUT2D eigenvalue weighted by Crippen LogP contribution is -2.50. The van der Waals surface area contributed by atoms with Crippen molar-refractivity contribution >= 4 is 33.5 Å². The van der Waals surface area contributed by atoms with E-state index in [2.05, 4.69) is 21.2 Å². The number of carbonyl (C=O) groups excluding carboxylic acids is 3. The quantitative estimate of drug-likeness (QED) is 0.865. The Morgan fingerprint density at radius 3 is 2.76 bits per heavy atom. The maximum absolute atomic E-state index is 12.2. The molecule has 0 heterocycles. The van der Waals surface area contributed by atoms with Gasteiger partial charge in [-0.15, -0.1) is 0 Å². The molecule has 1 saturated carbocycles. The number of hydrogen-bond donors (Lipinski definition) is 2. The minimum Gasteiger partial charge on any atom is -0.368 e. The van der Waals surface area contributed by atoms with Crippen molar-refractivity contribution < 1.29 is 14.4 Å². The van der Waals surface area contributed by atoms with Crippen molar-refractivity contribution in [2.75, 3.05) is 0 Å². The lowest BCUT2D eigenvalue weighted by molar-refractivity contribution is -0.124. The molecule has 0 aromatic heterocycles. The number of halogens is 1. The SMILES string of the molecule is NC(=O)[C@@H](NC(=O)c1cccc(Br)c1)[C@H]1CCCC(=O)C1. The number of carbonyl (C=O) groups is 3. The Morgan fingerprint density at radius 1 is 1.38 bits per heavy atom. The highest BCUT2D eigenvalue weighted by Gasteiger charge is 2.32. The first-order chi connectivity index (χ1) is 9.97. The highest BCUT2D eigenvalue weighted by molar-refractivity contribution is 9.10. The monoisotopic (exact) mass is 352 g/mol. The minimum absolute atomic E-state index is 0.120. The van der Waals surface area contributed by atoms with E-state index < -0.39 is 11.9 Å². The number of nitrogens with two attached hydrogens (primary N) is 1. The molecule has 2 atom stereocenters. The fourth-order valence-corrected chi connectivity index (χ4v) is 3.02. The summed E-state index contributed by atoms with van der Waals surface area (Å²) in [6.07, 6.45) is 2.30. The number of rotatable bonds is 4. The molecule has 6 heteroatoms. The van der Waals surface area contributed by atoms with Crippen LogP contribution in [-0.4, -0.2) is 23.6 Å². The molecule has 1 aromatic rings. The fraction of sp³-hybridized carbons (Fsp3) is 0.400. The number of primary amides is 1. The normalized spacial score (nSPS) is 19.9. The third-order valence-electron chi connectivity index (χ3n) is 3.67. The van der Waals surface area contributed by atoms with Crippen molar-refractivity contribution in [3.05, 3.63) is 34.3 Å². The van der Waals surface area contributed by atoms with Gasteiger partial charge in [-0.25, -0.2) is 0 Å². The molecular formula is C15H17BrN2O3. The molecule has 0 spiro atoms. The van der Waals surface area contributed by atoms with Crippen LogP contribution in [0.1, 0.15) is 36.0 Å². The van der Waals surface area contributed by atoms with Crippen LogP contribution in [-0.2, 0) is 9.59 Å². The van der Waals surface area contributed by atoms with Gasteiger partial charge < -0.3 is 11.1 Å². The van der Waals surface area contributed by atoms with E-state index in [1.165, 1.54) is 0 Å². The summed E-state index contributed by atoms with van der Waals surface area (Å²) in [6, 6.07) is 6.06. The van der Waals surface area contributed by atoms with Crippen molar-refractivity contribution in [2.24, 2.45) is 11.7 Å². The number of Topliss-reactive ketones (excluding diaryl/α,β-unsaturated/α-hetero) is 1. The molecule has 0 saturated heterocycles. The molecule has 1 aromatic carbocycles. The Labute approximate surface area is 131 Å². The Balaban J connectivity index is 2.11. The van der Waals surface area contributed by atoms with E-state index >= 15 is 0 Å². The summed E-state index contributed by atoms with van der Waals surface area (Å²) in [5.41, 5.74) is 5.84. The molecule has 1 aliphatic carbocycles. The van der Waals surface area contributed by atoms with E-state index in [4.69, 9.17) is 5.73 Å². The van der Waals surface area contributed by atoms with Crippen molar-refractivity contribution in [3.8, 4) is 0 Å². The fourth-order valence-electron chi connectivity index (χ4n) is 2.62. The standard InChI is InChI=1S/C15H17BrN2O3/c16-11-5-1-4-10(7-11)15(21)18-13(14(17)20)9-3-2-6-12(19)8-9/h1,4-5,7,9,13H,2-3,6,8H2,(H2,17,20)(H,18,21)/t9-,13-/m0/s1. The van der Waals surface area contributed by atoms with Crippen LogP contribution in [0.4, 0.5) is 0 Å². The molecule has 2 rings (SSSR count). The number of amides is 2. The Morgan fingerprint density at radius 2 is 2.14 bits per heavy atom. The lowest BCUT2D eigenvalue weighted by Gasteiger charge is -2.28. The van der Waals surface area contributed by atoms with Crippen LogP contribution >= 0.6 is 15.9 Å². The van der Waals surface area contributed by atoms with Gasteiger partial charge in [0.1, 0.15) is 11.8 Å². The van der Waals surface area contributed by atoms with Crippen molar-refractivity contribution in [1.82, 2.24) is 5.32 Å². The van der Waals surface area contributed by atoms with E-state index in [0.29, 0.717) is 18.4 Å². The highest BCUT2D eigenvalue weighted by Crippen LogP contribution is 2.24. The predicted molar refractivity (Wildman–Crippen MR) is 81.6 cm³/mol. The van der Waals surface area contributed by atoms with Crippen LogP contribution < -0.4 is 11.1 Å². The summed E-state index contributed by atoms with van der Waals surface area (Å²) in [4.78, 5) is 35.4. The molecule has 0 unspecified atom stereocenters. The molecular weight excluding hydrogens is 336 g/mol. The number of hydrogen-bond acceptors (Lipinski definition) is 3. The van der Waals surface area contributed by atoms with E-state index in [1.807, 2.05) is 6.07 Å². The average Bonchev–Trinajstić information content (AvgIpc) is 2.44. The van der Waals surface area contributed by atoms with Crippen LogP contribution in [0.2, 0.25) is 0 Å². The first-order valence-electron chi connectivity index (χ1n) is 6.85. The van der Waals surface area contributed by atoms with Crippen LogP contribution in [0.3, 0.4) is 0 Å². The van der Waals surface area contributed by atoms with Gasteiger partial charge in [-0.2, -0.15) is 0 Å². The number of ketones is 1. The third kappa shape index (κ3) is 4.14. The molecule has 0 bridgehead atoms. The summed E-state index contributed by atoms with van der Waals surface area (Å²) in [5, 5.41) is 2.66. The zero-order valence-electron chi connectivity index (χ0n) is 11.5. The summed E-state index contributed by atoms with van der Waals surface area (Å²) in [5.74, 6) is -1.05. The Kier molecular flexibility index (Phi) is 5.12. The second-order valence-electron chi connectivity index (χ2n) is 5.26. The molecule has 1 fully saturated rings. The van der Waals surface area contributed by atoms with Gasteiger partial charge in [0.2, 0.25) is 5.91 Å². The van der Waals surface area contributed by atoms with Crippen LogP contribution in [0, 0.1) is 5.92 Å². The molecule has 5 nitrogen and oxygen atoms in total. The second kappa shape index (κ2) is 6.85. The van der Waals surface area contributed by atoms with Gasteiger partial charge in [-0.3, -0.25) is 14.4 Å². The topological polar surface area (TPSA) is 89.3 Å². The van der Waals surface area contributed by atoms with Gasteiger partial charge in [0, 0.05) is 22.9 Å². The van der Waals surface area contributed by atoms with Gasteiger partial charge >= 0.3 is 0 Å². The van der Waals surface area contributed by atoms with E-state index in [-0.39, 0.29) is 17.6 Å². The second-order valence-corrected chi connectivity index (χ2v) is 6.17. The molecule has 112 valence electrons. The molecule has 2 amide bonds. The van der Waals surface area contributed by atoms with Crippen molar-refractivity contribution in [3.63, 3.8) is 0 Å². The lowest BCUT2D eigenvalue weighted by atomic mass is 9.82. The summed E-state index contributed by atoms with van der Waals surface area (Å²) in [7, 11) is 0. The zero-order valence-corrected chi connectivity index (χ0v) is 13.1. The molecule has 21 heavy (non-hydrogen) atoms. The average molecular weight is 353 g/mol. The third-order valence-corrected chi connectivity index (χ3v) is 4.16. The first kappa shape index (κ1) is 15.7. The summed E-state index contributed by atoms with van der Waals surface area (Å²) < 4.78 is 0.776. The number of benzene rings is 1. The van der Waals surface area contributed by atoms with Crippen molar-refractivity contribution in [2.45, 2.75) is 31.7 Å². The maximum atomic E-state index is 12.2. The molecule has 0 aliphatic heterocycles. The summed E-state index contributed by atoms with van der Waals surface area (Å²) in [6.45, 7) is 0.